The molecule has 6 heteroatoms. The van der Waals surface area contributed by atoms with E-state index >= 15 is 0 Å². The van der Waals surface area contributed by atoms with E-state index in [0.29, 0.717) is 12.3 Å². The van der Waals surface area contributed by atoms with Crippen LogP contribution in [0.3, 0.4) is 0 Å². The number of halogens is 2. The lowest BCUT2D eigenvalue weighted by atomic mass is 10.1. The van der Waals surface area contributed by atoms with Crippen LogP contribution >= 0.6 is 0 Å². The maximum atomic E-state index is 13.3. The monoisotopic (exact) mass is 263 g/mol. The summed E-state index contributed by atoms with van der Waals surface area (Å²) < 4.78 is 36.7. The fourth-order valence-corrected chi connectivity index (χ4v) is 1.77. The lowest BCUT2D eigenvalue weighted by molar-refractivity contribution is 0.171. The summed E-state index contributed by atoms with van der Waals surface area (Å²) in [6.45, 7) is 0.614. The van der Waals surface area contributed by atoms with Gasteiger partial charge in [0, 0.05) is 47.5 Å². The van der Waals surface area contributed by atoms with Crippen molar-refractivity contribution in [3.63, 3.8) is 0 Å². The van der Waals surface area contributed by atoms with Gasteiger partial charge in [0.1, 0.15) is 11.6 Å². The normalized spacial score (nSPS) is 14.6. The molecule has 3 nitrogen and oxygen atoms in total. The average molecular weight is 263 g/mol. The molecule has 96 valence electrons. The molecule has 0 amide bonds. The number of nitrogens with one attached hydrogen (secondary N) is 1. The predicted molar refractivity (Wildman–Crippen MR) is 63.1 cm³/mol. The minimum absolute atomic E-state index is 0.0523. The van der Waals surface area contributed by atoms with Gasteiger partial charge in [0.05, 0.1) is 6.10 Å². The van der Waals surface area contributed by atoms with Crippen LogP contribution in [0.25, 0.3) is 0 Å². The van der Waals surface area contributed by atoms with Crippen LogP contribution < -0.4 is 5.32 Å². The Morgan fingerprint density at radius 3 is 2.76 bits per heavy atom. The Labute approximate surface area is 101 Å². The molecule has 0 aliphatic rings. The summed E-state index contributed by atoms with van der Waals surface area (Å²) in [7, 11) is -0.900. The van der Waals surface area contributed by atoms with Crippen molar-refractivity contribution in [2.24, 2.45) is 0 Å². The third kappa shape index (κ3) is 4.89. The Hall–Kier alpha value is -0.850. The van der Waals surface area contributed by atoms with Gasteiger partial charge in [-0.3, -0.25) is 4.21 Å². The van der Waals surface area contributed by atoms with Crippen LogP contribution in [0.5, 0.6) is 0 Å². The van der Waals surface area contributed by atoms with Crippen molar-refractivity contribution in [1.29, 1.82) is 0 Å². The van der Waals surface area contributed by atoms with Crippen LogP contribution in [-0.4, -0.2) is 34.4 Å². The average Bonchev–Trinajstić information content (AvgIpc) is 2.23. The summed E-state index contributed by atoms with van der Waals surface area (Å²) in [5.41, 5.74) is 0.0523. The van der Waals surface area contributed by atoms with E-state index in [1.54, 1.807) is 6.26 Å². The highest BCUT2D eigenvalue weighted by Crippen LogP contribution is 2.17. The second-order valence-corrected chi connectivity index (χ2v) is 5.22. The third-order valence-electron chi connectivity index (χ3n) is 2.23. The molecule has 2 atom stereocenters. The molecule has 0 aromatic heterocycles. The lowest BCUT2D eigenvalue weighted by Gasteiger charge is -2.12. The second-order valence-electron chi connectivity index (χ2n) is 3.66. The van der Waals surface area contributed by atoms with Crippen molar-refractivity contribution in [2.45, 2.75) is 6.10 Å². The fraction of sp³-hybridized carbons (Fsp3) is 0.455. The van der Waals surface area contributed by atoms with Crippen LogP contribution in [0.4, 0.5) is 8.78 Å². The van der Waals surface area contributed by atoms with Crippen molar-refractivity contribution in [3.8, 4) is 0 Å². The minimum Gasteiger partial charge on any atom is -0.387 e. The van der Waals surface area contributed by atoms with Crippen LogP contribution in [0.2, 0.25) is 0 Å². The Morgan fingerprint density at radius 2 is 2.18 bits per heavy atom. The summed E-state index contributed by atoms with van der Waals surface area (Å²) in [6, 6.07) is 3.05. The summed E-state index contributed by atoms with van der Waals surface area (Å²) in [6.07, 6.45) is 0.540. The van der Waals surface area contributed by atoms with Crippen molar-refractivity contribution in [1.82, 2.24) is 5.32 Å². The summed E-state index contributed by atoms with van der Waals surface area (Å²) in [4.78, 5) is 0. The molecule has 0 fully saturated rings. The Kier molecular flexibility index (Phi) is 5.67. The van der Waals surface area contributed by atoms with Crippen molar-refractivity contribution in [3.05, 3.63) is 35.4 Å². The van der Waals surface area contributed by atoms with Gasteiger partial charge in [0.15, 0.2) is 0 Å². The molecule has 1 rings (SSSR count). The number of rotatable bonds is 6. The maximum absolute atomic E-state index is 13.3. The van der Waals surface area contributed by atoms with Crippen LogP contribution in [0.1, 0.15) is 11.7 Å². The zero-order valence-corrected chi connectivity index (χ0v) is 10.3. The van der Waals surface area contributed by atoms with Gasteiger partial charge in [-0.2, -0.15) is 0 Å². The van der Waals surface area contributed by atoms with Gasteiger partial charge < -0.3 is 10.4 Å². The molecule has 0 aliphatic carbocycles. The highest BCUT2D eigenvalue weighted by atomic mass is 32.2. The molecule has 0 saturated heterocycles. The zero-order valence-electron chi connectivity index (χ0n) is 9.45. The molecule has 0 spiro atoms. The maximum Gasteiger partial charge on any atom is 0.131 e. The molecule has 0 aliphatic heterocycles. The van der Waals surface area contributed by atoms with Gasteiger partial charge in [0.25, 0.3) is 0 Å². The zero-order chi connectivity index (χ0) is 12.8. The van der Waals surface area contributed by atoms with Gasteiger partial charge >= 0.3 is 0 Å². The van der Waals surface area contributed by atoms with Crippen molar-refractivity contribution in [2.75, 3.05) is 25.1 Å². The molecule has 0 heterocycles. The lowest BCUT2D eigenvalue weighted by Crippen LogP contribution is -2.26. The summed E-state index contributed by atoms with van der Waals surface area (Å²) in [5.74, 6) is -0.968. The van der Waals surface area contributed by atoms with E-state index in [2.05, 4.69) is 5.32 Å². The van der Waals surface area contributed by atoms with Gasteiger partial charge in [-0.1, -0.05) is 6.07 Å². The molecule has 2 unspecified atom stereocenters. The topological polar surface area (TPSA) is 49.3 Å². The van der Waals surface area contributed by atoms with Crippen LogP contribution in [0.15, 0.2) is 18.2 Å². The molecule has 2 N–H and O–H groups in total. The second kappa shape index (κ2) is 6.78. The number of aliphatic hydroxyl groups excluding tert-OH is 1. The van der Waals surface area contributed by atoms with Crippen molar-refractivity contribution < 1.29 is 18.1 Å². The first-order chi connectivity index (χ1) is 8.00. The number of hydrogen-bond acceptors (Lipinski definition) is 3. The summed E-state index contributed by atoms with van der Waals surface area (Å²) >= 11 is 0. The number of hydrogen-bond donors (Lipinski definition) is 2. The van der Waals surface area contributed by atoms with E-state index in [-0.39, 0.29) is 12.1 Å². The molecule has 0 radical (unpaired) electrons. The van der Waals surface area contributed by atoms with E-state index in [4.69, 9.17) is 0 Å². The highest BCUT2D eigenvalue weighted by molar-refractivity contribution is 7.84. The van der Waals surface area contributed by atoms with E-state index in [1.807, 2.05) is 0 Å². The molecule has 1 aromatic rings. The molecular formula is C11H15F2NO2S. The van der Waals surface area contributed by atoms with E-state index in [9.17, 15) is 18.1 Å². The smallest absolute Gasteiger partial charge is 0.131 e. The Balaban J connectivity index is 2.46. The minimum atomic E-state index is -1.04. The molecule has 1 aromatic carbocycles. The number of benzene rings is 1. The van der Waals surface area contributed by atoms with Gasteiger partial charge in [-0.05, 0) is 6.07 Å². The Bertz CT molecular complexity index is 401. The first-order valence-corrected chi connectivity index (χ1v) is 6.87. The molecule has 17 heavy (non-hydrogen) atoms. The Morgan fingerprint density at radius 1 is 1.47 bits per heavy atom. The van der Waals surface area contributed by atoms with Gasteiger partial charge in [0.2, 0.25) is 0 Å². The molecule has 0 saturated carbocycles. The van der Waals surface area contributed by atoms with E-state index in [0.717, 1.165) is 12.1 Å². The van der Waals surface area contributed by atoms with E-state index < -0.39 is 28.5 Å². The standard InChI is InChI=1S/C11H15F2NO2S/c1-17(16)5-4-14-7-11(15)9-3-2-8(12)6-10(9)13/h2-3,6,11,14-15H,4-5,7H2,1H3. The van der Waals surface area contributed by atoms with Crippen molar-refractivity contribution >= 4 is 10.8 Å². The largest absolute Gasteiger partial charge is 0.387 e. The first-order valence-electron chi connectivity index (χ1n) is 5.14. The number of aliphatic hydroxyl groups is 1. The van der Waals surface area contributed by atoms with E-state index in [1.165, 1.54) is 6.07 Å². The predicted octanol–water partition coefficient (Wildman–Crippen LogP) is 0.966. The quantitative estimate of drug-likeness (QED) is 0.752. The highest BCUT2D eigenvalue weighted by Gasteiger charge is 2.12. The summed E-state index contributed by atoms with van der Waals surface area (Å²) in [5, 5.41) is 12.5. The first kappa shape index (κ1) is 14.2. The third-order valence-corrected chi connectivity index (χ3v) is 3.00. The fourth-order valence-electron chi connectivity index (χ4n) is 1.34. The molecule has 0 bridgehead atoms. The van der Waals surface area contributed by atoms with Gasteiger partial charge in [-0.25, -0.2) is 8.78 Å². The van der Waals surface area contributed by atoms with Gasteiger partial charge in [-0.15, -0.1) is 0 Å². The SMILES string of the molecule is CS(=O)CCNCC(O)c1ccc(F)cc1F. The van der Waals surface area contributed by atoms with Crippen LogP contribution in [0, 0.1) is 11.6 Å². The van der Waals surface area contributed by atoms with Crippen LogP contribution in [-0.2, 0) is 10.8 Å². The molecular weight excluding hydrogens is 248 g/mol.